The molecule has 0 unspecified atom stereocenters. The molecule has 3 amide bonds. The molecule has 0 aromatic heterocycles. The van der Waals surface area contributed by atoms with Crippen LogP contribution in [0, 0.1) is 10.7 Å². The van der Waals surface area contributed by atoms with Gasteiger partial charge in [0.2, 0.25) is 0 Å². The van der Waals surface area contributed by atoms with Crippen LogP contribution in [0.5, 0.6) is 0 Å². The zero-order valence-electron chi connectivity index (χ0n) is 22.1. The number of ether oxygens (including phenoxy) is 4. The van der Waals surface area contributed by atoms with Gasteiger partial charge in [0.1, 0.15) is 26.4 Å². The molecule has 0 saturated carbocycles. The van der Waals surface area contributed by atoms with Crippen LogP contribution >= 0.6 is 67.8 Å². The Morgan fingerprint density at radius 3 is 1.15 bits per heavy atom. The number of rotatable bonds is 13. The molecule has 41 heavy (non-hydrogen) atoms. The Hall–Kier alpha value is -2.50. The van der Waals surface area contributed by atoms with Crippen LogP contribution in [0.25, 0.3) is 0 Å². The molecule has 0 aliphatic heterocycles. The maximum absolute atomic E-state index is 13.5. The van der Waals surface area contributed by atoms with E-state index in [1.807, 2.05) is 0 Å². The third-order valence-electron chi connectivity index (χ3n) is 4.62. The second-order valence-corrected chi connectivity index (χ2v) is 11.3. The van der Waals surface area contributed by atoms with Gasteiger partial charge in [-0.2, -0.15) is 0 Å². The number of hydrogen-bond donors (Lipinski definition) is 4. The molecular weight excluding hydrogens is 891 g/mol. The van der Waals surface area contributed by atoms with Crippen LogP contribution in [0.4, 0.5) is 10.5 Å². The van der Waals surface area contributed by atoms with E-state index in [4.69, 9.17) is 18.9 Å². The van der Waals surface area contributed by atoms with Gasteiger partial charge in [0.25, 0.3) is 11.8 Å². The van der Waals surface area contributed by atoms with Crippen molar-refractivity contribution in [1.29, 1.82) is 0 Å². The Balaban J connectivity index is 3.57. The number of nitrogens with one attached hydrogen (secondary N) is 3. The first kappa shape index (κ1) is 36.5. The lowest BCUT2D eigenvalue weighted by molar-refractivity contribution is -0.146. The van der Waals surface area contributed by atoms with E-state index in [1.165, 1.54) is 0 Å². The van der Waals surface area contributed by atoms with E-state index in [-0.39, 0.29) is 54.0 Å². The van der Waals surface area contributed by atoms with E-state index in [1.54, 1.807) is 67.8 Å². The number of benzene rings is 1. The predicted octanol–water partition coefficient (Wildman–Crippen LogP) is 2.04. The van der Waals surface area contributed by atoms with Gasteiger partial charge in [-0.1, -0.05) is 0 Å². The fourth-order valence-electron chi connectivity index (χ4n) is 2.93. The molecule has 0 aliphatic carbocycles. The highest BCUT2D eigenvalue weighted by Crippen LogP contribution is 2.36. The molecule has 0 radical (unpaired) electrons. The summed E-state index contributed by atoms with van der Waals surface area (Å²) in [6.45, 7) is 3.25. The number of carboxylic acid groups (broad SMARTS) is 1. The van der Waals surface area contributed by atoms with Gasteiger partial charge in [-0.25, -0.2) is 4.79 Å². The fraction of sp³-hybridized carbons (Fsp3) is 0.435. The standard InChI is InChI=1S/C23H26I3N3O12/c1-9(30)38-5-13(6-39-10(2)31)27-21(34)15-17(24)16(19(26)20(18(15)25)29-23(36)37)22(35)28-14(7-40-11(3)32)8-41-12(4)33/h13-14,29H,5-8H2,1-4H3,(H,27,34)(H,28,35)(H,36,37). The van der Waals surface area contributed by atoms with Crippen LogP contribution in [0.2, 0.25) is 0 Å². The minimum Gasteiger partial charge on any atom is -0.465 e. The van der Waals surface area contributed by atoms with E-state index >= 15 is 0 Å². The maximum Gasteiger partial charge on any atom is 0.409 e. The minimum atomic E-state index is -1.47. The van der Waals surface area contributed by atoms with Crippen molar-refractivity contribution in [2.45, 2.75) is 39.8 Å². The summed E-state index contributed by atoms with van der Waals surface area (Å²) in [5, 5.41) is 16.7. The van der Waals surface area contributed by atoms with Crippen LogP contribution in [-0.4, -0.2) is 85.4 Å². The van der Waals surface area contributed by atoms with Crippen LogP contribution < -0.4 is 16.0 Å². The third-order valence-corrected chi connectivity index (χ3v) is 7.86. The van der Waals surface area contributed by atoms with Gasteiger partial charge >= 0.3 is 30.0 Å². The van der Waals surface area contributed by atoms with E-state index < -0.39 is 53.9 Å². The Labute approximate surface area is 274 Å². The molecule has 226 valence electrons. The van der Waals surface area contributed by atoms with Gasteiger partial charge in [-0.15, -0.1) is 0 Å². The molecule has 1 aromatic carbocycles. The largest absolute Gasteiger partial charge is 0.465 e. The maximum atomic E-state index is 13.5. The van der Waals surface area contributed by atoms with Gasteiger partial charge in [0.15, 0.2) is 0 Å². The zero-order chi connectivity index (χ0) is 31.4. The molecule has 0 atom stereocenters. The second kappa shape index (κ2) is 17.5. The average molecular weight is 917 g/mol. The monoisotopic (exact) mass is 917 g/mol. The summed E-state index contributed by atoms with van der Waals surface area (Å²) in [7, 11) is 0. The Morgan fingerprint density at radius 1 is 0.610 bits per heavy atom. The summed E-state index contributed by atoms with van der Waals surface area (Å²) >= 11 is 5.24. The molecule has 1 rings (SSSR count). The summed E-state index contributed by atoms with van der Waals surface area (Å²) in [4.78, 5) is 83.7. The zero-order valence-corrected chi connectivity index (χ0v) is 28.5. The lowest BCUT2D eigenvalue weighted by atomic mass is 10.1. The Bertz CT molecular complexity index is 1110. The van der Waals surface area contributed by atoms with Gasteiger partial charge in [-0.3, -0.25) is 34.1 Å². The van der Waals surface area contributed by atoms with E-state index in [0.29, 0.717) is 0 Å². The molecular formula is C23H26I3N3O12. The highest BCUT2D eigenvalue weighted by molar-refractivity contribution is 14.1. The van der Waals surface area contributed by atoms with Crippen LogP contribution in [0.15, 0.2) is 0 Å². The highest BCUT2D eigenvalue weighted by Gasteiger charge is 2.31. The third kappa shape index (κ3) is 12.5. The summed E-state index contributed by atoms with van der Waals surface area (Å²) in [5.74, 6) is -4.16. The number of anilines is 1. The van der Waals surface area contributed by atoms with E-state index in [0.717, 1.165) is 27.7 Å². The quantitative estimate of drug-likeness (QED) is 0.127. The molecule has 0 bridgehead atoms. The summed E-state index contributed by atoms with van der Waals surface area (Å²) in [5.41, 5.74) is -0.275. The lowest BCUT2D eigenvalue weighted by Crippen LogP contribution is -2.44. The van der Waals surface area contributed by atoms with Gasteiger partial charge < -0.3 is 34.7 Å². The number of carbonyl (C=O) groups excluding carboxylic acids is 6. The molecule has 15 nitrogen and oxygen atoms in total. The smallest absolute Gasteiger partial charge is 0.409 e. The number of halogens is 3. The topological polar surface area (TPSA) is 213 Å². The molecule has 18 heteroatoms. The highest BCUT2D eigenvalue weighted by atomic mass is 127. The first-order chi connectivity index (χ1) is 19.0. The van der Waals surface area contributed by atoms with Crippen molar-refractivity contribution in [2.75, 3.05) is 31.7 Å². The number of carbonyl (C=O) groups is 7. The number of amides is 3. The van der Waals surface area contributed by atoms with Gasteiger partial charge in [0, 0.05) is 31.3 Å². The normalized spacial score (nSPS) is 10.5. The number of hydrogen-bond acceptors (Lipinski definition) is 11. The average Bonchev–Trinajstić information content (AvgIpc) is 2.84. The van der Waals surface area contributed by atoms with Crippen LogP contribution in [-0.2, 0) is 38.1 Å². The Morgan fingerprint density at radius 2 is 0.902 bits per heavy atom. The number of esters is 4. The van der Waals surface area contributed by atoms with E-state index in [9.17, 15) is 38.7 Å². The minimum absolute atomic E-state index is 0.0672. The first-order valence-corrected chi connectivity index (χ1v) is 14.6. The first-order valence-electron chi connectivity index (χ1n) is 11.4. The van der Waals surface area contributed by atoms with Crippen molar-refractivity contribution in [3.8, 4) is 0 Å². The summed E-state index contributed by atoms with van der Waals surface area (Å²) in [6, 6.07) is -1.96. The lowest BCUT2D eigenvalue weighted by Gasteiger charge is -2.23. The second-order valence-electron chi connectivity index (χ2n) is 8.05. The van der Waals surface area contributed by atoms with Crippen molar-refractivity contribution < 1.29 is 57.6 Å². The van der Waals surface area contributed by atoms with Crippen molar-refractivity contribution in [1.82, 2.24) is 10.6 Å². The van der Waals surface area contributed by atoms with E-state index in [2.05, 4.69) is 16.0 Å². The fourth-order valence-corrected chi connectivity index (χ4v) is 7.34. The van der Waals surface area contributed by atoms with Gasteiger partial charge in [-0.05, 0) is 67.8 Å². The van der Waals surface area contributed by atoms with Crippen molar-refractivity contribution in [2.24, 2.45) is 0 Å². The van der Waals surface area contributed by atoms with Crippen molar-refractivity contribution in [3.05, 3.63) is 21.8 Å². The summed E-state index contributed by atoms with van der Waals surface area (Å²) < 4.78 is 20.1. The molecule has 0 saturated heterocycles. The van der Waals surface area contributed by atoms with Crippen molar-refractivity contribution >= 4 is 115 Å². The summed E-state index contributed by atoms with van der Waals surface area (Å²) in [6.07, 6.45) is -1.47. The van der Waals surface area contributed by atoms with Crippen molar-refractivity contribution in [3.63, 3.8) is 0 Å². The molecule has 0 fully saturated rings. The predicted molar refractivity (Wildman–Crippen MR) is 165 cm³/mol. The molecule has 0 aliphatic rings. The SMILES string of the molecule is CC(=O)OCC(COC(C)=O)NC(=O)c1c(I)c(NC(=O)O)c(I)c(C(=O)NC(COC(C)=O)COC(C)=O)c1I. The molecule has 1 aromatic rings. The Kier molecular flexibility index (Phi) is 15.5. The molecule has 0 spiro atoms. The van der Waals surface area contributed by atoms with Crippen LogP contribution in [0.3, 0.4) is 0 Å². The van der Waals surface area contributed by atoms with Gasteiger partial charge in [0.05, 0.1) is 36.0 Å². The molecule has 0 heterocycles. The molecule has 4 N–H and O–H groups in total. The van der Waals surface area contributed by atoms with Crippen LogP contribution in [0.1, 0.15) is 48.4 Å².